The molecule has 3 aromatic carbocycles. The summed E-state index contributed by atoms with van der Waals surface area (Å²) in [6.45, 7) is -0.916. The number of aliphatic hydroxyl groups excluding tert-OH is 1. The van der Waals surface area contributed by atoms with Crippen molar-refractivity contribution in [2.75, 3.05) is 16.8 Å². The predicted molar refractivity (Wildman–Crippen MR) is 128 cm³/mol. The van der Waals surface area contributed by atoms with E-state index in [9.17, 15) is 14.7 Å². The minimum Gasteiger partial charge on any atom is -0.388 e. The van der Waals surface area contributed by atoms with Gasteiger partial charge in [0.15, 0.2) is 0 Å². The third-order valence-electron chi connectivity index (χ3n) is 5.37. The van der Waals surface area contributed by atoms with Crippen LogP contribution in [0, 0.1) is 13.8 Å². The number of hydrogen-bond acceptors (Lipinski definition) is 3. The van der Waals surface area contributed by atoms with E-state index in [2.05, 4.69) is 5.32 Å². The number of benzene rings is 3. The minimum atomic E-state index is -2.96. The van der Waals surface area contributed by atoms with Crippen molar-refractivity contribution in [3.8, 4) is 0 Å². The van der Waals surface area contributed by atoms with Crippen LogP contribution in [0.4, 0.5) is 11.4 Å². The smallest absolute Gasteiger partial charge is 0.258 e. The highest BCUT2D eigenvalue weighted by molar-refractivity contribution is 6.30. The van der Waals surface area contributed by atoms with E-state index in [1.807, 2.05) is 0 Å². The molecule has 6 heteroatoms. The van der Waals surface area contributed by atoms with Crippen LogP contribution in [0.2, 0.25) is 5.02 Å². The second kappa shape index (κ2) is 9.15. The summed E-state index contributed by atoms with van der Waals surface area (Å²) in [4.78, 5) is 28.3. The molecular formula is C26H25ClN2O3. The number of nitrogens with one attached hydrogen (secondary N) is 1. The molecule has 0 saturated heterocycles. The van der Waals surface area contributed by atoms with Crippen LogP contribution < -0.4 is 10.2 Å². The molecule has 32 heavy (non-hydrogen) atoms. The van der Waals surface area contributed by atoms with Crippen LogP contribution in [0.15, 0.2) is 60.6 Å². The Bertz CT molecular complexity index is 1490. The highest BCUT2D eigenvalue weighted by Gasteiger charge is 2.27. The zero-order valence-corrected chi connectivity index (χ0v) is 18.0. The van der Waals surface area contributed by atoms with Crippen molar-refractivity contribution in [3.05, 3.63) is 93.4 Å². The van der Waals surface area contributed by atoms with E-state index >= 15 is 0 Å². The lowest BCUT2D eigenvalue weighted by Gasteiger charge is -2.24. The number of halogens is 1. The largest absolute Gasteiger partial charge is 0.388 e. The Kier molecular flexibility index (Phi) is 4.24. The maximum Gasteiger partial charge on any atom is 0.258 e. The molecule has 5 nitrogen and oxygen atoms in total. The Labute approximate surface area is 202 Å². The zero-order valence-electron chi connectivity index (χ0n) is 24.3. The van der Waals surface area contributed by atoms with E-state index in [0.29, 0.717) is 46.8 Å². The molecule has 1 aliphatic rings. The fourth-order valence-corrected chi connectivity index (χ4v) is 3.95. The lowest BCUT2D eigenvalue weighted by atomic mass is 10.0. The molecule has 0 bridgehead atoms. The monoisotopic (exact) mass is 455 g/mol. The van der Waals surface area contributed by atoms with Crippen molar-refractivity contribution < 1.29 is 24.3 Å². The molecule has 1 aliphatic heterocycles. The molecular weight excluding hydrogens is 424 g/mol. The Morgan fingerprint density at radius 1 is 1.16 bits per heavy atom. The summed E-state index contributed by atoms with van der Waals surface area (Å²) in [7, 11) is 0. The van der Waals surface area contributed by atoms with Crippen LogP contribution in [0.25, 0.3) is 0 Å². The number of aliphatic hydroxyl groups is 1. The fourth-order valence-electron chi connectivity index (χ4n) is 3.77. The van der Waals surface area contributed by atoms with Gasteiger partial charge in [-0.15, -0.1) is 0 Å². The van der Waals surface area contributed by atoms with Gasteiger partial charge in [-0.25, -0.2) is 0 Å². The van der Waals surface area contributed by atoms with E-state index in [-0.39, 0.29) is 11.6 Å². The number of fused-ring (bicyclic) bond motifs is 1. The minimum absolute atomic E-state index is 0.205. The first kappa shape index (κ1) is 14.8. The standard InChI is InChI=1S/C26H25ClN2O3/c1-16-6-3-4-7-20(16)25(31)28-19-10-11-21(17(2)14-19)26(32)29-13-5-8-24(30)22-15-18(27)9-12-23(22)29/h3-4,6-7,9-12,14-15,24,30H,5,8,13H2,1-2H3,(H,28,31)/t24-/m1/s1/i1D3,3D,4D,6D,7D. The molecule has 0 unspecified atom stereocenters. The number of amides is 2. The molecule has 2 N–H and O–H groups in total. The van der Waals surface area contributed by atoms with Gasteiger partial charge in [-0.2, -0.15) is 0 Å². The average Bonchev–Trinajstić information content (AvgIpc) is 3.02. The molecule has 164 valence electrons. The highest BCUT2D eigenvalue weighted by Crippen LogP contribution is 2.36. The normalized spacial score (nSPS) is 19.2. The topological polar surface area (TPSA) is 69.6 Å². The lowest BCUT2D eigenvalue weighted by molar-refractivity contribution is 0.0985. The number of anilines is 2. The third kappa shape index (κ3) is 4.40. The highest BCUT2D eigenvalue weighted by atomic mass is 35.5. The Hall–Kier alpha value is -3.15. The number of nitrogens with zero attached hydrogens (tertiary/aromatic N) is 1. The molecule has 1 atom stereocenters. The van der Waals surface area contributed by atoms with Crippen molar-refractivity contribution in [3.63, 3.8) is 0 Å². The van der Waals surface area contributed by atoms with Crippen molar-refractivity contribution in [1.82, 2.24) is 0 Å². The first-order valence-corrected chi connectivity index (χ1v) is 10.4. The SMILES string of the molecule is [2H]c1c([2H])c([2H])c(C([2H])([2H])[2H])c(C(=O)Nc2ccc(C(=O)N3CCC[C@@H](O)c4cc(Cl)ccc43)c(C)c2)c1[2H]. The van der Waals surface area contributed by atoms with Gasteiger partial charge in [0.2, 0.25) is 0 Å². The maximum atomic E-state index is 13.6. The molecule has 0 aliphatic carbocycles. The van der Waals surface area contributed by atoms with Crippen LogP contribution in [-0.4, -0.2) is 23.5 Å². The summed E-state index contributed by atoms with van der Waals surface area (Å²) >= 11 is 6.12. The van der Waals surface area contributed by atoms with Crippen LogP contribution in [0.1, 0.15) is 65.9 Å². The van der Waals surface area contributed by atoms with Gasteiger partial charge in [-0.1, -0.05) is 29.7 Å². The van der Waals surface area contributed by atoms with Crippen LogP contribution in [-0.2, 0) is 0 Å². The summed E-state index contributed by atoms with van der Waals surface area (Å²) in [5, 5.41) is 13.5. The van der Waals surface area contributed by atoms with Crippen molar-refractivity contribution >= 4 is 34.8 Å². The number of hydrogen-bond donors (Lipinski definition) is 2. The molecule has 2 amide bonds. The molecule has 0 spiro atoms. The molecule has 0 fully saturated rings. The van der Waals surface area contributed by atoms with Gasteiger partial charge in [-0.05, 0) is 80.2 Å². The Balaban J connectivity index is 1.66. The first-order chi connectivity index (χ1) is 18.2. The summed E-state index contributed by atoms with van der Waals surface area (Å²) in [5.41, 5.74) is 0.735. The Morgan fingerprint density at radius 3 is 2.75 bits per heavy atom. The molecule has 0 radical (unpaired) electrons. The maximum absolute atomic E-state index is 13.6. The quantitative estimate of drug-likeness (QED) is 0.533. The molecule has 1 heterocycles. The average molecular weight is 456 g/mol. The Morgan fingerprint density at radius 2 is 1.97 bits per heavy atom. The van der Waals surface area contributed by atoms with Crippen molar-refractivity contribution in [2.24, 2.45) is 0 Å². The summed E-state index contributed by atoms with van der Waals surface area (Å²) in [6, 6.07) is 6.43. The van der Waals surface area contributed by atoms with Gasteiger partial charge in [0.05, 0.1) is 11.6 Å². The van der Waals surface area contributed by atoms with E-state index < -0.39 is 54.2 Å². The third-order valence-corrected chi connectivity index (χ3v) is 5.61. The van der Waals surface area contributed by atoms with E-state index in [4.69, 9.17) is 21.2 Å². The fraction of sp³-hybridized carbons (Fsp3) is 0.231. The van der Waals surface area contributed by atoms with Crippen LogP contribution in [0.3, 0.4) is 0 Å². The van der Waals surface area contributed by atoms with Gasteiger partial charge in [0, 0.05) is 43.7 Å². The number of rotatable bonds is 3. The molecule has 0 saturated carbocycles. The van der Waals surface area contributed by atoms with Crippen LogP contribution in [0.5, 0.6) is 0 Å². The van der Waals surface area contributed by atoms with Gasteiger partial charge in [-0.3, -0.25) is 9.59 Å². The summed E-state index contributed by atoms with van der Waals surface area (Å²) in [5.74, 6) is -1.33. The van der Waals surface area contributed by atoms with E-state index in [1.54, 1.807) is 30.0 Å². The summed E-state index contributed by atoms with van der Waals surface area (Å²) in [6.07, 6.45) is 0.286. The second-order valence-corrected chi connectivity index (χ2v) is 7.99. The van der Waals surface area contributed by atoms with Crippen molar-refractivity contribution in [2.45, 2.75) is 32.7 Å². The predicted octanol–water partition coefficient (Wildman–Crippen LogP) is 5.68. The summed E-state index contributed by atoms with van der Waals surface area (Å²) < 4.78 is 55.0. The van der Waals surface area contributed by atoms with Gasteiger partial charge >= 0.3 is 0 Å². The number of carbonyl (C=O) groups is 2. The van der Waals surface area contributed by atoms with Crippen LogP contribution >= 0.6 is 11.6 Å². The van der Waals surface area contributed by atoms with E-state index in [1.165, 1.54) is 18.2 Å². The number of aryl methyl sites for hydroxylation is 1. The van der Waals surface area contributed by atoms with Gasteiger partial charge in [0.1, 0.15) is 0 Å². The lowest BCUT2D eigenvalue weighted by Crippen LogP contribution is -2.32. The molecule has 3 aromatic rings. The van der Waals surface area contributed by atoms with Gasteiger partial charge < -0.3 is 15.3 Å². The first-order valence-electron chi connectivity index (χ1n) is 13.5. The molecule has 0 aromatic heterocycles. The zero-order chi connectivity index (χ0) is 28.8. The van der Waals surface area contributed by atoms with Gasteiger partial charge in [0.25, 0.3) is 11.8 Å². The van der Waals surface area contributed by atoms with Crippen molar-refractivity contribution in [1.29, 1.82) is 0 Å². The van der Waals surface area contributed by atoms with E-state index in [0.717, 1.165) is 0 Å². The number of carbonyl (C=O) groups excluding carboxylic acids is 2. The second-order valence-electron chi connectivity index (χ2n) is 7.55. The molecule has 4 rings (SSSR count).